The van der Waals surface area contributed by atoms with Gasteiger partial charge in [0.15, 0.2) is 17.2 Å². The van der Waals surface area contributed by atoms with Gasteiger partial charge in [-0.1, -0.05) is 19.9 Å². The van der Waals surface area contributed by atoms with Crippen LogP contribution < -0.4 is 0 Å². The Hall–Kier alpha value is -1.51. The first-order valence-electron chi connectivity index (χ1n) is 10.3. The van der Waals surface area contributed by atoms with Gasteiger partial charge in [0.05, 0.1) is 11.5 Å². The van der Waals surface area contributed by atoms with Crippen LogP contribution in [0.25, 0.3) is 0 Å². The Labute approximate surface area is 172 Å². The predicted molar refractivity (Wildman–Crippen MR) is 100 cm³/mol. The van der Waals surface area contributed by atoms with E-state index in [1.54, 1.807) is 6.92 Å². The first-order valence-corrected chi connectivity index (χ1v) is 10.3. The Morgan fingerprint density at radius 2 is 1.83 bits per heavy atom. The van der Waals surface area contributed by atoms with Crippen molar-refractivity contribution >= 4 is 11.6 Å². The van der Waals surface area contributed by atoms with Crippen molar-refractivity contribution in [1.29, 1.82) is 0 Å². The summed E-state index contributed by atoms with van der Waals surface area (Å²) in [5, 5.41) is 31.8. The average Bonchev–Trinajstić information content (AvgIpc) is 2.87. The molecule has 0 aliphatic heterocycles. The number of alkyl halides is 3. The number of rotatable bonds is 2. The molecule has 0 aromatic rings. The second kappa shape index (κ2) is 6.04. The minimum Gasteiger partial charge on any atom is -0.390 e. The largest absolute Gasteiger partial charge is 0.390 e. The van der Waals surface area contributed by atoms with Gasteiger partial charge in [-0.25, -0.2) is 13.2 Å². The van der Waals surface area contributed by atoms with Crippen LogP contribution in [-0.2, 0) is 9.59 Å². The quantitative estimate of drug-likeness (QED) is 0.627. The molecular formula is C22H27F3O5. The van der Waals surface area contributed by atoms with E-state index in [4.69, 9.17) is 0 Å². The van der Waals surface area contributed by atoms with Crippen molar-refractivity contribution in [2.45, 2.75) is 63.3 Å². The van der Waals surface area contributed by atoms with Gasteiger partial charge < -0.3 is 15.3 Å². The lowest BCUT2D eigenvalue weighted by molar-refractivity contribution is -0.240. The van der Waals surface area contributed by atoms with Crippen molar-refractivity contribution in [3.8, 4) is 0 Å². The lowest BCUT2D eigenvalue weighted by Crippen LogP contribution is -2.71. The highest BCUT2D eigenvalue weighted by Crippen LogP contribution is 2.72. The Kier molecular flexibility index (Phi) is 4.37. The summed E-state index contributed by atoms with van der Waals surface area (Å²) in [5.41, 5.74) is -8.49. The highest BCUT2D eigenvalue weighted by atomic mass is 19.3. The monoisotopic (exact) mass is 428 g/mol. The summed E-state index contributed by atoms with van der Waals surface area (Å²) in [6, 6.07) is 0. The molecule has 5 nitrogen and oxygen atoms in total. The van der Waals surface area contributed by atoms with E-state index >= 15 is 13.2 Å². The van der Waals surface area contributed by atoms with Crippen molar-refractivity contribution in [2.75, 3.05) is 6.61 Å². The van der Waals surface area contributed by atoms with E-state index in [2.05, 4.69) is 0 Å². The first kappa shape index (κ1) is 21.7. The fraction of sp³-hybridized carbons (Fsp3) is 0.727. The SMILES string of the molecule is C[C@@H]1C[C@H]2C3CC(F)(F)C4=CC(=O)C=C[C@]4(C)[C@@]3(F)[C@@H](O)C[C@]2(C)[C@@]1(O)C(=O)CO. The van der Waals surface area contributed by atoms with Crippen molar-refractivity contribution in [1.82, 2.24) is 0 Å². The molecule has 0 aromatic carbocycles. The van der Waals surface area contributed by atoms with Gasteiger partial charge in [0.25, 0.3) is 5.92 Å². The van der Waals surface area contributed by atoms with E-state index in [0.717, 1.165) is 18.2 Å². The van der Waals surface area contributed by atoms with Crippen molar-refractivity contribution < 1.29 is 38.1 Å². The maximum Gasteiger partial charge on any atom is 0.271 e. The molecule has 4 rings (SSSR count). The molecule has 8 atom stereocenters. The molecule has 30 heavy (non-hydrogen) atoms. The summed E-state index contributed by atoms with van der Waals surface area (Å²) >= 11 is 0. The molecule has 3 N–H and O–H groups in total. The van der Waals surface area contributed by atoms with Crippen LogP contribution in [0.2, 0.25) is 0 Å². The van der Waals surface area contributed by atoms with Crippen LogP contribution in [-0.4, -0.2) is 56.8 Å². The molecule has 3 fully saturated rings. The van der Waals surface area contributed by atoms with E-state index in [-0.39, 0.29) is 12.8 Å². The van der Waals surface area contributed by atoms with Crippen molar-refractivity contribution in [3.05, 3.63) is 23.8 Å². The molecule has 166 valence electrons. The normalized spacial score (nSPS) is 51.6. The highest BCUT2D eigenvalue weighted by Gasteiger charge is 2.78. The minimum absolute atomic E-state index is 0.107. The van der Waals surface area contributed by atoms with Gasteiger partial charge in [-0.15, -0.1) is 0 Å². The van der Waals surface area contributed by atoms with Gasteiger partial charge in [-0.3, -0.25) is 9.59 Å². The van der Waals surface area contributed by atoms with E-state index in [1.165, 1.54) is 13.8 Å². The summed E-state index contributed by atoms with van der Waals surface area (Å²) in [5.74, 6) is -7.88. The fourth-order valence-electron chi connectivity index (χ4n) is 7.28. The number of aliphatic hydroxyl groups is 3. The van der Waals surface area contributed by atoms with Gasteiger partial charge in [-0.2, -0.15) is 0 Å². The van der Waals surface area contributed by atoms with E-state index < -0.39 is 82.0 Å². The zero-order valence-electron chi connectivity index (χ0n) is 17.2. The molecular weight excluding hydrogens is 401 g/mol. The van der Waals surface area contributed by atoms with Crippen LogP contribution in [0.5, 0.6) is 0 Å². The van der Waals surface area contributed by atoms with Crippen molar-refractivity contribution in [3.63, 3.8) is 0 Å². The number of aliphatic hydroxyl groups excluding tert-OH is 2. The second-order valence-corrected chi connectivity index (χ2v) is 10.0. The summed E-state index contributed by atoms with van der Waals surface area (Å²) < 4.78 is 47.4. The molecule has 0 spiro atoms. The Morgan fingerprint density at radius 3 is 2.43 bits per heavy atom. The smallest absolute Gasteiger partial charge is 0.271 e. The van der Waals surface area contributed by atoms with Crippen LogP contribution in [0.1, 0.15) is 40.0 Å². The zero-order chi connectivity index (χ0) is 22.5. The number of carbonyl (C=O) groups is 2. The summed E-state index contributed by atoms with van der Waals surface area (Å²) in [6.45, 7) is 3.44. The fourth-order valence-corrected chi connectivity index (χ4v) is 7.28. The van der Waals surface area contributed by atoms with Gasteiger partial charge in [0.2, 0.25) is 0 Å². The van der Waals surface area contributed by atoms with Crippen molar-refractivity contribution in [2.24, 2.45) is 28.6 Å². The second-order valence-electron chi connectivity index (χ2n) is 10.0. The molecule has 0 saturated heterocycles. The Morgan fingerprint density at radius 1 is 1.20 bits per heavy atom. The maximum absolute atomic E-state index is 16.9. The van der Waals surface area contributed by atoms with E-state index in [1.807, 2.05) is 0 Å². The number of Topliss-reactive ketones (excluding diaryl/α,β-unsaturated/α-hetero) is 1. The molecule has 0 heterocycles. The number of hydrogen-bond acceptors (Lipinski definition) is 5. The summed E-state index contributed by atoms with van der Waals surface area (Å²) in [7, 11) is 0. The molecule has 4 aliphatic rings. The summed E-state index contributed by atoms with van der Waals surface area (Å²) in [6.07, 6.45) is 0.0329. The van der Waals surface area contributed by atoms with Crippen LogP contribution in [0, 0.1) is 28.6 Å². The average molecular weight is 428 g/mol. The molecule has 8 heteroatoms. The molecule has 0 bridgehead atoms. The molecule has 0 amide bonds. The topological polar surface area (TPSA) is 94.8 Å². The number of ketones is 2. The highest BCUT2D eigenvalue weighted by molar-refractivity contribution is 6.01. The van der Waals surface area contributed by atoms with Crippen LogP contribution in [0.3, 0.4) is 0 Å². The molecule has 4 aliphatic carbocycles. The zero-order valence-corrected chi connectivity index (χ0v) is 17.2. The minimum atomic E-state index is -3.49. The first-order chi connectivity index (χ1) is 13.7. The number of halogens is 3. The van der Waals surface area contributed by atoms with Gasteiger partial charge in [0.1, 0.15) is 12.2 Å². The summed E-state index contributed by atoms with van der Waals surface area (Å²) in [4.78, 5) is 24.3. The molecule has 3 saturated carbocycles. The number of allylic oxidation sites excluding steroid dienone is 4. The predicted octanol–water partition coefficient (Wildman–Crippen LogP) is 2.14. The van der Waals surface area contributed by atoms with Crippen LogP contribution in [0.4, 0.5) is 13.2 Å². The third kappa shape index (κ3) is 2.20. The van der Waals surface area contributed by atoms with Gasteiger partial charge in [0, 0.05) is 23.3 Å². The van der Waals surface area contributed by atoms with Gasteiger partial charge >= 0.3 is 0 Å². The maximum atomic E-state index is 16.9. The lowest BCUT2D eigenvalue weighted by atomic mass is 9.44. The number of fused-ring (bicyclic) bond motifs is 5. The molecule has 0 aromatic heterocycles. The third-order valence-electron chi connectivity index (χ3n) is 8.80. The Balaban J connectivity index is 1.91. The van der Waals surface area contributed by atoms with Crippen LogP contribution >= 0.6 is 0 Å². The van der Waals surface area contributed by atoms with Crippen LogP contribution in [0.15, 0.2) is 23.8 Å². The van der Waals surface area contributed by atoms with E-state index in [0.29, 0.717) is 0 Å². The molecule has 1 unspecified atom stereocenters. The number of carbonyl (C=O) groups excluding carboxylic acids is 2. The van der Waals surface area contributed by atoms with Gasteiger partial charge in [-0.05, 0) is 43.8 Å². The van der Waals surface area contributed by atoms with E-state index in [9.17, 15) is 24.9 Å². The molecule has 0 radical (unpaired) electrons. The standard InChI is InChI=1S/C22H27F3O5/c1-11-6-13-14-8-20(23,24)15-7-12(27)4-5-18(15,2)21(14,25)16(28)9-19(13,3)22(11,30)17(29)10-26/h4-5,7,11,13-14,16,26,28,30H,6,8-10H2,1-3H3/t11-,13+,14?,16+,18+,19+,21+,22+/m1/s1. The number of hydrogen-bond donors (Lipinski definition) is 3. The Bertz CT molecular complexity index is 884. The lowest BCUT2D eigenvalue weighted by Gasteiger charge is -2.63. The third-order valence-corrected chi connectivity index (χ3v) is 8.80.